The maximum atomic E-state index is 12.2. The second-order valence-electron chi connectivity index (χ2n) is 7.55. The number of benzene rings is 2. The maximum Gasteiger partial charge on any atom is 0.319 e. The Morgan fingerprint density at radius 1 is 1.04 bits per heavy atom. The number of hydrogen-bond donors (Lipinski definition) is 2. The number of likely N-dealkylation sites (tertiary alicyclic amines) is 1. The van der Waals surface area contributed by atoms with E-state index in [1.54, 1.807) is 0 Å². The summed E-state index contributed by atoms with van der Waals surface area (Å²) in [4.78, 5) is 26.2. The van der Waals surface area contributed by atoms with E-state index >= 15 is 0 Å². The number of urea groups is 1. The lowest BCUT2D eigenvalue weighted by molar-refractivity contribution is -0.128. The van der Waals surface area contributed by atoms with Gasteiger partial charge in [-0.1, -0.05) is 42.5 Å². The van der Waals surface area contributed by atoms with Gasteiger partial charge in [0.15, 0.2) is 0 Å². The second kappa shape index (κ2) is 7.82. The normalized spacial score (nSPS) is 19.2. The van der Waals surface area contributed by atoms with Gasteiger partial charge >= 0.3 is 6.03 Å². The second-order valence-corrected chi connectivity index (χ2v) is 7.55. The van der Waals surface area contributed by atoms with Crippen LogP contribution in [0.2, 0.25) is 0 Å². The van der Waals surface area contributed by atoms with Crippen molar-refractivity contribution in [3.05, 3.63) is 65.7 Å². The van der Waals surface area contributed by atoms with Crippen molar-refractivity contribution in [1.29, 1.82) is 0 Å². The number of anilines is 1. The molecule has 1 aliphatic carbocycles. The van der Waals surface area contributed by atoms with Gasteiger partial charge in [0.25, 0.3) is 0 Å². The molecule has 2 aromatic rings. The Bertz CT molecular complexity index is 817. The zero-order valence-electron chi connectivity index (χ0n) is 15.4. The smallest absolute Gasteiger partial charge is 0.319 e. The minimum atomic E-state index is -0.218. The molecule has 1 saturated carbocycles. The Kier molecular flexibility index (Phi) is 5.10. The van der Waals surface area contributed by atoms with Crippen LogP contribution in [0, 0.1) is 5.92 Å². The highest BCUT2D eigenvalue weighted by Gasteiger charge is 2.39. The summed E-state index contributed by atoms with van der Waals surface area (Å²) in [7, 11) is 0. The number of hydrogen-bond acceptors (Lipinski definition) is 2. The van der Waals surface area contributed by atoms with Crippen LogP contribution in [0.15, 0.2) is 54.6 Å². The quantitative estimate of drug-likeness (QED) is 0.826. The maximum absolute atomic E-state index is 12.2. The lowest BCUT2D eigenvalue weighted by Gasteiger charge is -2.16. The van der Waals surface area contributed by atoms with Gasteiger partial charge in [-0.05, 0) is 42.5 Å². The predicted octanol–water partition coefficient (Wildman–Crippen LogP) is 3.41. The van der Waals surface area contributed by atoms with Gasteiger partial charge < -0.3 is 15.5 Å². The van der Waals surface area contributed by atoms with Crippen LogP contribution in [-0.2, 0) is 11.2 Å². The standard InChI is InChI=1S/C22H25N3O2/c26-21-13-18(15-25(21)20-9-10-20)14-23-22(27)24-19-8-4-7-17(12-19)11-16-5-2-1-3-6-16/h1-8,12,18,20H,9-11,13-15H2,(H2,23,24,27)/t18-/m0/s1. The summed E-state index contributed by atoms with van der Waals surface area (Å²) >= 11 is 0. The summed E-state index contributed by atoms with van der Waals surface area (Å²) in [5.41, 5.74) is 3.17. The molecule has 1 saturated heterocycles. The number of rotatable bonds is 6. The summed E-state index contributed by atoms with van der Waals surface area (Å²) in [5.74, 6) is 0.451. The number of nitrogens with zero attached hydrogens (tertiary/aromatic N) is 1. The molecule has 1 atom stereocenters. The zero-order valence-corrected chi connectivity index (χ0v) is 15.4. The largest absolute Gasteiger partial charge is 0.339 e. The highest BCUT2D eigenvalue weighted by Crippen LogP contribution is 2.32. The van der Waals surface area contributed by atoms with Crippen molar-refractivity contribution >= 4 is 17.6 Å². The van der Waals surface area contributed by atoms with Crippen LogP contribution in [0.3, 0.4) is 0 Å². The van der Waals surface area contributed by atoms with Crippen LogP contribution < -0.4 is 10.6 Å². The highest BCUT2D eigenvalue weighted by molar-refractivity contribution is 5.89. The van der Waals surface area contributed by atoms with E-state index in [0.717, 1.165) is 37.1 Å². The fourth-order valence-corrected chi connectivity index (χ4v) is 3.69. The van der Waals surface area contributed by atoms with E-state index in [9.17, 15) is 9.59 Å². The first-order valence-corrected chi connectivity index (χ1v) is 9.64. The molecule has 2 aromatic carbocycles. The summed E-state index contributed by atoms with van der Waals surface area (Å²) in [6.07, 6.45) is 3.64. The molecule has 2 fully saturated rings. The Morgan fingerprint density at radius 2 is 1.81 bits per heavy atom. The number of nitrogens with one attached hydrogen (secondary N) is 2. The van der Waals surface area contributed by atoms with E-state index in [4.69, 9.17) is 0 Å². The van der Waals surface area contributed by atoms with Crippen LogP contribution in [-0.4, -0.2) is 36.0 Å². The molecular formula is C22H25N3O2. The highest BCUT2D eigenvalue weighted by atomic mass is 16.2. The van der Waals surface area contributed by atoms with E-state index in [1.165, 1.54) is 5.56 Å². The molecule has 1 heterocycles. The molecular weight excluding hydrogens is 338 g/mol. The molecule has 0 bridgehead atoms. The van der Waals surface area contributed by atoms with Gasteiger partial charge in [-0.2, -0.15) is 0 Å². The van der Waals surface area contributed by atoms with Crippen LogP contribution in [0.1, 0.15) is 30.4 Å². The molecule has 140 valence electrons. The van der Waals surface area contributed by atoms with E-state index in [2.05, 4.69) is 28.8 Å². The van der Waals surface area contributed by atoms with Crippen molar-refractivity contribution in [1.82, 2.24) is 10.2 Å². The van der Waals surface area contributed by atoms with Crippen LogP contribution >= 0.6 is 0 Å². The molecule has 27 heavy (non-hydrogen) atoms. The summed E-state index contributed by atoms with van der Waals surface area (Å²) in [5, 5.41) is 5.81. The van der Waals surface area contributed by atoms with E-state index < -0.39 is 0 Å². The van der Waals surface area contributed by atoms with Gasteiger partial charge in [0.2, 0.25) is 5.91 Å². The molecule has 5 nitrogen and oxygen atoms in total. The first kappa shape index (κ1) is 17.6. The van der Waals surface area contributed by atoms with Gasteiger partial charge in [0.1, 0.15) is 0 Å². The Hall–Kier alpha value is -2.82. The third-order valence-corrected chi connectivity index (χ3v) is 5.21. The number of carbonyl (C=O) groups excluding carboxylic acids is 2. The average molecular weight is 363 g/mol. The Labute approximate surface area is 159 Å². The van der Waals surface area contributed by atoms with Crippen molar-refractivity contribution in [2.24, 2.45) is 5.92 Å². The van der Waals surface area contributed by atoms with Crippen molar-refractivity contribution in [3.8, 4) is 0 Å². The molecule has 2 N–H and O–H groups in total. The summed E-state index contributed by atoms with van der Waals surface area (Å²) < 4.78 is 0. The molecule has 0 radical (unpaired) electrons. The minimum Gasteiger partial charge on any atom is -0.339 e. The first-order chi connectivity index (χ1) is 13.2. The lowest BCUT2D eigenvalue weighted by Crippen LogP contribution is -2.34. The van der Waals surface area contributed by atoms with Gasteiger partial charge in [0.05, 0.1) is 0 Å². The molecule has 0 aromatic heterocycles. The van der Waals surface area contributed by atoms with Gasteiger partial charge in [0, 0.05) is 37.2 Å². The summed E-state index contributed by atoms with van der Waals surface area (Å²) in [6.45, 7) is 1.31. The molecule has 4 rings (SSSR count). The van der Waals surface area contributed by atoms with Crippen molar-refractivity contribution in [3.63, 3.8) is 0 Å². The third-order valence-electron chi connectivity index (χ3n) is 5.21. The molecule has 5 heteroatoms. The fraction of sp³-hybridized carbons (Fsp3) is 0.364. The summed E-state index contributed by atoms with van der Waals surface area (Å²) in [6, 6.07) is 18.4. The molecule has 1 aliphatic heterocycles. The SMILES string of the molecule is O=C(NC[C@@H]1CC(=O)N(C2CC2)C1)Nc1cccc(Cc2ccccc2)c1. The first-order valence-electron chi connectivity index (χ1n) is 9.64. The van der Waals surface area contributed by atoms with Gasteiger partial charge in [-0.25, -0.2) is 4.79 Å². The van der Waals surface area contributed by atoms with E-state index in [0.29, 0.717) is 19.0 Å². The molecule has 2 aliphatic rings. The van der Waals surface area contributed by atoms with Gasteiger partial charge in [-0.15, -0.1) is 0 Å². The van der Waals surface area contributed by atoms with Crippen LogP contribution in [0.4, 0.5) is 10.5 Å². The van der Waals surface area contributed by atoms with Gasteiger partial charge in [-0.3, -0.25) is 4.79 Å². The Balaban J connectivity index is 1.27. The van der Waals surface area contributed by atoms with Crippen molar-refractivity contribution in [2.75, 3.05) is 18.4 Å². The zero-order chi connectivity index (χ0) is 18.6. The van der Waals surface area contributed by atoms with E-state index in [-0.39, 0.29) is 17.9 Å². The lowest BCUT2D eigenvalue weighted by atomic mass is 10.0. The van der Waals surface area contributed by atoms with Crippen molar-refractivity contribution < 1.29 is 9.59 Å². The van der Waals surface area contributed by atoms with Crippen LogP contribution in [0.5, 0.6) is 0 Å². The average Bonchev–Trinajstić information content (AvgIpc) is 3.44. The van der Waals surface area contributed by atoms with Crippen LogP contribution in [0.25, 0.3) is 0 Å². The molecule has 0 unspecified atom stereocenters. The molecule has 0 spiro atoms. The Morgan fingerprint density at radius 3 is 2.59 bits per heavy atom. The molecule has 3 amide bonds. The minimum absolute atomic E-state index is 0.216. The monoisotopic (exact) mass is 363 g/mol. The number of amides is 3. The topological polar surface area (TPSA) is 61.4 Å². The van der Waals surface area contributed by atoms with E-state index in [1.807, 2.05) is 41.3 Å². The predicted molar refractivity (Wildman–Crippen MR) is 106 cm³/mol. The fourth-order valence-electron chi connectivity index (χ4n) is 3.69. The number of carbonyl (C=O) groups is 2. The van der Waals surface area contributed by atoms with Crippen molar-refractivity contribution in [2.45, 2.75) is 31.7 Å². The third kappa shape index (κ3) is 4.67.